The lowest BCUT2D eigenvalue weighted by atomic mass is 9.81. The van der Waals surface area contributed by atoms with Crippen molar-refractivity contribution < 1.29 is 4.39 Å². The molecule has 0 saturated heterocycles. The van der Waals surface area contributed by atoms with Gasteiger partial charge in [0.1, 0.15) is 5.82 Å². The van der Waals surface area contributed by atoms with Gasteiger partial charge < -0.3 is 0 Å². The number of halogens is 2. The molecule has 0 N–H and O–H groups in total. The Kier molecular flexibility index (Phi) is 3.93. The molecule has 0 aromatic heterocycles. The lowest BCUT2D eigenvalue weighted by molar-refractivity contribution is 0.398. The van der Waals surface area contributed by atoms with Crippen LogP contribution in [0.2, 0.25) is 5.02 Å². The molecule has 1 fully saturated rings. The van der Waals surface area contributed by atoms with Gasteiger partial charge in [-0.3, -0.25) is 0 Å². The molecule has 0 amide bonds. The van der Waals surface area contributed by atoms with Crippen LogP contribution in [-0.4, -0.2) is 0 Å². The van der Waals surface area contributed by atoms with Gasteiger partial charge in [-0.1, -0.05) is 42.5 Å². The number of benzene rings is 1. The first-order valence-electron chi connectivity index (χ1n) is 7.43. The van der Waals surface area contributed by atoms with E-state index in [1.54, 1.807) is 11.6 Å². The largest absolute Gasteiger partial charge is 0.205 e. The van der Waals surface area contributed by atoms with Crippen LogP contribution in [-0.2, 0) is 0 Å². The molecule has 0 nitrogen and oxygen atoms in total. The second kappa shape index (κ2) is 5.66. The highest BCUT2D eigenvalue weighted by Crippen LogP contribution is 2.43. The van der Waals surface area contributed by atoms with Crippen LogP contribution in [0.25, 0.3) is 5.57 Å². The van der Waals surface area contributed by atoms with Gasteiger partial charge in [0.05, 0.1) is 5.02 Å². The Bertz CT molecular complexity index is 498. The fraction of sp³-hybridized carbons (Fsp3) is 0.529. The van der Waals surface area contributed by atoms with Gasteiger partial charge in [-0.25, -0.2) is 4.39 Å². The van der Waals surface area contributed by atoms with Gasteiger partial charge in [0.25, 0.3) is 0 Å². The van der Waals surface area contributed by atoms with E-state index in [0.717, 1.165) is 17.9 Å². The van der Waals surface area contributed by atoms with Gasteiger partial charge >= 0.3 is 0 Å². The Balaban J connectivity index is 1.93. The van der Waals surface area contributed by atoms with E-state index in [0.29, 0.717) is 0 Å². The van der Waals surface area contributed by atoms with Crippen LogP contribution in [0.1, 0.15) is 56.9 Å². The summed E-state index contributed by atoms with van der Waals surface area (Å²) in [5, 5.41) is 0.250. The van der Waals surface area contributed by atoms with E-state index in [-0.39, 0.29) is 10.8 Å². The molecule has 0 radical (unpaired) electrons. The number of hydrogen-bond acceptors (Lipinski definition) is 0. The summed E-state index contributed by atoms with van der Waals surface area (Å²) >= 11 is 5.93. The Morgan fingerprint density at radius 1 is 1.00 bits per heavy atom. The fourth-order valence-electron chi connectivity index (χ4n) is 3.68. The van der Waals surface area contributed by atoms with Crippen molar-refractivity contribution in [1.29, 1.82) is 0 Å². The van der Waals surface area contributed by atoms with Crippen LogP contribution in [0.5, 0.6) is 0 Å². The molecule has 0 atom stereocenters. The van der Waals surface area contributed by atoms with Crippen molar-refractivity contribution in [3.05, 3.63) is 40.2 Å². The highest BCUT2D eigenvalue weighted by Gasteiger charge is 2.25. The minimum Gasteiger partial charge on any atom is -0.205 e. The average molecular weight is 279 g/mol. The molecule has 0 unspecified atom stereocenters. The van der Waals surface area contributed by atoms with Crippen molar-refractivity contribution in [2.75, 3.05) is 0 Å². The monoisotopic (exact) mass is 278 g/mol. The van der Waals surface area contributed by atoms with Crippen LogP contribution in [0.15, 0.2) is 23.8 Å². The normalized spacial score (nSPS) is 21.2. The van der Waals surface area contributed by atoms with E-state index in [1.165, 1.54) is 56.6 Å². The van der Waals surface area contributed by atoms with Crippen molar-refractivity contribution in [1.82, 2.24) is 0 Å². The number of allylic oxidation sites excluding steroid dienone is 2. The number of hydrogen-bond donors (Lipinski definition) is 0. The summed E-state index contributed by atoms with van der Waals surface area (Å²) in [6.07, 6.45) is 10.4. The minimum atomic E-state index is -0.316. The molecule has 1 saturated carbocycles. The van der Waals surface area contributed by atoms with E-state index in [9.17, 15) is 4.39 Å². The van der Waals surface area contributed by atoms with Crippen LogP contribution in [0.3, 0.4) is 0 Å². The third kappa shape index (κ3) is 2.72. The van der Waals surface area contributed by atoms with Crippen LogP contribution < -0.4 is 0 Å². The zero-order valence-electron chi connectivity index (χ0n) is 11.2. The topological polar surface area (TPSA) is 0 Å². The maximum absolute atomic E-state index is 13.3. The molecule has 3 rings (SSSR count). The summed E-state index contributed by atoms with van der Waals surface area (Å²) in [6, 6.07) is 5.20. The van der Waals surface area contributed by atoms with Crippen molar-refractivity contribution in [3.63, 3.8) is 0 Å². The van der Waals surface area contributed by atoms with Crippen molar-refractivity contribution in [2.24, 2.45) is 5.92 Å². The maximum Gasteiger partial charge on any atom is 0.141 e. The summed E-state index contributed by atoms with van der Waals surface area (Å²) in [7, 11) is 0. The van der Waals surface area contributed by atoms with E-state index in [1.807, 2.05) is 6.07 Å². The van der Waals surface area contributed by atoms with Crippen molar-refractivity contribution >= 4 is 17.2 Å². The Hall–Kier alpha value is -0.820. The molecule has 0 spiro atoms. The molecule has 0 aliphatic heterocycles. The SMILES string of the molecule is Fc1ccc(C2=C(C3CCCCC3)CCC2)cc1Cl. The van der Waals surface area contributed by atoms with Crippen LogP contribution in [0.4, 0.5) is 4.39 Å². The highest BCUT2D eigenvalue weighted by atomic mass is 35.5. The third-order valence-corrected chi connectivity index (χ3v) is 4.92. The molecule has 2 heteroatoms. The number of rotatable bonds is 2. The Labute approximate surface area is 119 Å². The second-order valence-corrected chi connectivity index (χ2v) is 6.23. The van der Waals surface area contributed by atoms with E-state index in [4.69, 9.17) is 11.6 Å². The van der Waals surface area contributed by atoms with E-state index >= 15 is 0 Å². The second-order valence-electron chi connectivity index (χ2n) is 5.82. The van der Waals surface area contributed by atoms with Gasteiger partial charge in [0.2, 0.25) is 0 Å². The molecular formula is C17H20ClF. The smallest absolute Gasteiger partial charge is 0.141 e. The maximum atomic E-state index is 13.3. The van der Waals surface area contributed by atoms with Crippen LogP contribution in [0, 0.1) is 11.7 Å². The predicted molar refractivity (Wildman–Crippen MR) is 78.8 cm³/mol. The summed E-state index contributed by atoms with van der Waals surface area (Å²) in [4.78, 5) is 0. The molecule has 2 aliphatic rings. The molecule has 102 valence electrons. The van der Waals surface area contributed by atoms with E-state index < -0.39 is 0 Å². The van der Waals surface area contributed by atoms with Gasteiger partial charge in [-0.05, 0) is 61.3 Å². The standard InChI is InChI=1S/C17H20ClF/c18-16-11-13(9-10-17(16)19)15-8-4-7-14(15)12-5-2-1-3-6-12/h9-12H,1-8H2. The Morgan fingerprint density at radius 3 is 2.53 bits per heavy atom. The average Bonchev–Trinajstić information content (AvgIpc) is 2.92. The summed E-state index contributed by atoms with van der Waals surface area (Å²) in [5.41, 5.74) is 4.24. The summed E-state index contributed by atoms with van der Waals surface area (Å²) in [5.74, 6) is 0.457. The van der Waals surface area contributed by atoms with Gasteiger partial charge in [0, 0.05) is 0 Å². The third-order valence-electron chi connectivity index (χ3n) is 4.63. The lowest BCUT2D eigenvalue weighted by Gasteiger charge is -2.24. The summed E-state index contributed by atoms with van der Waals surface area (Å²) in [6.45, 7) is 0. The first-order valence-corrected chi connectivity index (χ1v) is 7.81. The minimum absolute atomic E-state index is 0.250. The fourth-order valence-corrected chi connectivity index (χ4v) is 3.86. The molecule has 2 aliphatic carbocycles. The van der Waals surface area contributed by atoms with Gasteiger partial charge in [0.15, 0.2) is 0 Å². The van der Waals surface area contributed by atoms with Crippen molar-refractivity contribution in [3.8, 4) is 0 Å². The first kappa shape index (κ1) is 13.2. The predicted octanol–water partition coefficient (Wildman–Crippen LogP) is 6.00. The molecule has 1 aromatic rings. The van der Waals surface area contributed by atoms with Crippen molar-refractivity contribution in [2.45, 2.75) is 51.4 Å². The molecular weight excluding hydrogens is 259 g/mol. The van der Waals surface area contributed by atoms with Crippen LogP contribution >= 0.6 is 11.6 Å². The summed E-state index contributed by atoms with van der Waals surface area (Å²) < 4.78 is 13.3. The van der Waals surface area contributed by atoms with Gasteiger partial charge in [-0.15, -0.1) is 0 Å². The highest BCUT2D eigenvalue weighted by molar-refractivity contribution is 6.30. The first-order chi connectivity index (χ1) is 9.25. The molecule has 0 bridgehead atoms. The quantitative estimate of drug-likeness (QED) is 0.623. The molecule has 1 aromatic carbocycles. The zero-order valence-corrected chi connectivity index (χ0v) is 12.0. The Morgan fingerprint density at radius 2 is 1.79 bits per heavy atom. The molecule has 0 heterocycles. The molecule has 19 heavy (non-hydrogen) atoms. The van der Waals surface area contributed by atoms with Gasteiger partial charge in [-0.2, -0.15) is 0 Å². The zero-order chi connectivity index (χ0) is 13.2. The van der Waals surface area contributed by atoms with E-state index in [2.05, 4.69) is 0 Å². The lowest BCUT2D eigenvalue weighted by Crippen LogP contribution is -2.09.